The Morgan fingerprint density at radius 1 is 1.45 bits per heavy atom. The molecule has 0 aliphatic heterocycles. The van der Waals surface area contributed by atoms with E-state index in [9.17, 15) is 9.59 Å². The van der Waals surface area contributed by atoms with Crippen molar-refractivity contribution >= 4 is 34.6 Å². The lowest BCUT2D eigenvalue weighted by Gasteiger charge is -2.09. The van der Waals surface area contributed by atoms with Gasteiger partial charge in [-0.3, -0.25) is 9.59 Å². The average Bonchev–Trinajstić information content (AvgIpc) is 3.09. The quantitative estimate of drug-likeness (QED) is 0.860. The zero-order valence-electron chi connectivity index (χ0n) is 10.8. The number of hydrogen-bond acceptors (Lipinski definition) is 5. The number of rotatable bonds is 6. The van der Waals surface area contributed by atoms with Gasteiger partial charge in [0.2, 0.25) is 0 Å². The average molecular weight is 310 g/mol. The highest BCUT2D eigenvalue weighted by molar-refractivity contribution is 7.14. The SMILES string of the molecule is CCC(CNC(=O)c1csc(-c2ccsc2)n1)C(=O)O. The highest BCUT2D eigenvalue weighted by Gasteiger charge is 2.18. The lowest BCUT2D eigenvalue weighted by atomic mass is 10.1. The molecule has 2 heterocycles. The molecular formula is C13H14N2O3S2. The summed E-state index contributed by atoms with van der Waals surface area (Å²) < 4.78 is 0. The first kappa shape index (κ1) is 14.7. The van der Waals surface area contributed by atoms with Gasteiger partial charge in [-0.2, -0.15) is 11.3 Å². The molecule has 7 heteroatoms. The number of thiophene rings is 1. The van der Waals surface area contributed by atoms with E-state index in [1.165, 1.54) is 11.3 Å². The van der Waals surface area contributed by atoms with Crippen molar-refractivity contribution in [3.63, 3.8) is 0 Å². The minimum atomic E-state index is -0.898. The molecule has 0 radical (unpaired) electrons. The van der Waals surface area contributed by atoms with Crippen LogP contribution >= 0.6 is 22.7 Å². The summed E-state index contributed by atoms with van der Waals surface area (Å²) >= 11 is 2.97. The Balaban J connectivity index is 1.98. The third-order valence-electron chi connectivity index (χ3n) is 2.86. The highest BCUT2D eigenvalue weighted by atomic mass is 32.1. The minimum absolute atomic E-state index is 0.121. The van der Waals surface area contributed by atoms with Crippen molar-refractivity contribution in [1.82, 2.24) is 10.3 Å². The number of carboxylic acids is 1. The Morgan fingerprint density at radius 2 is 2.25 bits per heavy atom. The van der Waals surface area contributed by atoms with Crippen molar-refractivity contribution in [2.45, 2.75) is 13.3 Å². The molecule has 1 amide bonds. The van der Waals surface area contributed by atoms with Gasteiger partial charge >= 0.3 is 5.97 Å². The Labute approximate surface area is 124 Å². The van der Waals surface area contributed by atoms with Gasteiger partial charge in [-0.05, 0) is 17.9 Å². The van der Waals surface area contributed by atoms with Gasteiger partial charge in [0.15, 0.2) is 0 Å². The van der Waals surface area contributed by atoms with E-state index in [1.54, 1.807) is 23.6 Å². The maximum atomic E-state index is 11.9. The second-order valence-corrected chi connectivity index (χ2v) is 5.84. The number of nitrogens with zero attached hydrogens (tertiary/aromatic N) is 1. The first-order valence-electron chi connectivity index (χ1n) is 6.11. The standard InChI is InChI=1S/C13H14N2O3S2/c1-2-8(13(17)18)5-14-11(16)10-7-20-12(15-10)9-3-4-19-6-9/h3-4,6-8H,2,5H2,1H3,(H,14,16)(H,17,18). The van der Waals surface area contributed by atoms with E-state index in [0.29, 0.717) is 12.1 Å². The molecule has 2 aromatic heterocycles. The monoisotopic (exact) mass is 310 g/mol. The molecule has 0 aromatic carbocycles. The molecule has 0 fully saturated rings. The molecule has 0 aliphatic rings. The van der Waals surface area contributed by atoms with Crippen LogP contribution in [-0.2, 0) is 4.79 Å². The van der Waals surface area contributed by atoms with Crippen molar-refractivity contribution in [3.8, 4) is 10.6 Å². The van der Waals surface area contributed by atoms with Gasteiger partial charge in [0, 0.05) is 22.9 Å². The topological polar surface area (TPSA) is 79.3 Å². The molecule has 2 N–H and O–H groups in total. The fraction of sp³-hybridized carbons (Fsp3) is 0.308. The number of hydrogen-bond donors (Lipinski definition) is 2. The van der Waals surface area contributed by atoms with Crippen molar-refractivity contribution in [1.29, 1.82) is 0 Å². The largest absolute Gasteiger partial charge is 0.481 e. The maximum absolute atomic E-state index is 11.9. The van der Waals surface area contributed by atoms with Gasteiger partial charge in [0.25, 0.3) is 5.91 Å². The molecule has 5 nitrogen and oxygen atoms in total. The van der Waals surface area contributed by atoms with Crippen LogP contribution in [0, 0.1) is 5.92 Å². The second-order valence-electron chi connectivity index (χ2n) is 4.20. The summed E-state index contributed by atoms with van der Waals surface area (Å²) in [6.45, 7) is 1.90. The molecule has 1 atom stereocenters. The molecular weight excluding hydrogens is 296 g/mol. The van der Waals surface area contributed by atoms with E-state index in [1.807, 2.05) is 16.8 Å². The number of carbonyl (C=O) groups excluding carboxylic acids is 1. The van der Waals surface area contributed by atoms with Crippen molar-refractivity contribution in [2.75, 3.05) is 6.54 Å². The predicted molar refractivity (Wildman–Crippen MR) is 79.2 cm³/mol. The van der Waals surface area contributed by atoms with E-state index in [4.69, 9.17) is 5.11 Å². The molecule has 20 heavy (non-hydrogen) atoms. The fourth-order valence-electron chi connectivity index (χ4n) is 1.61. The van der Waals surface area contributed by atoms with Crippen LogP contribution in [-0.4, -0.2) is 28.5 Å². The van der Waals surface area contributed by atoms with Crippen LogP contribution < -0.4 is 5.32 Å². The van der Waals surface area contributed by atoms with Gasteiger partial charge in [-0.25, -0.2) is 4.98 Å². The van der Waals surface area contributed by atoms with E-state index in [-0.39, 0.29) is 12.5 Å². The number of aromatic nitrogens is 1. The number of carbonyl (C=O) groups is 2. The number of nitrogens with one attached hydrogen (secondary N) is 1. The van der Waals surface area contributed by atoms with E-state index in [2.05, 4.69) is 10.3 Å². The summed E-state index contributed by atoms with van der Waals surface area (Å²) in [5, 5.41) is 17.9. The lowest BCUT2D eigenvalue weighted by molar-refractivity contribution is -0.141. The zero-order valence-corrected chi connectivity index (χ0v) is 12.5. The highest BCUT2D eigenvalue weighted by Crippen LogP contribution is 2.25. The molecule has 106 valence electrons. The Morgan fingerprint density at radius 3 is 2.85 bits per heavy atom. The summed E-state index contributed by atoms with van der Waals surface area (Å²) in [4.78, 5) is 27.1. The normalized spacial score (nSPS) is 12.1. The summed E-state index contributed by atoms with van der Waals surface area (Å²) in [7, 11) is 0. The number of thiazole rings is 1. The third-order valence-corrected chi connectivity index (χ3v) is 4.43. The van der Waals surface area contributed by atoms with Crippen LogP contribution in [0.2, 0.25) is 0 Å². The predicted octanol–water partition coefficient (Wildman–Crippen LogP) is 2.71. The summed E-state index contributed by atoms with van der Waals surface area (Å²) in [6.07, 6.45) is 0.479. The second kappa shape index (κ2) is 6.62. The molecule has 2 rings (SSSR count). The molecule has 0 aliphatic carbocycles. The van der Waals surface area contributed by atoms with E-state index in [0.717, 1.165) is 10.6 Å². The molecule has 2 aromatic rings. The summed E-state index contributed by atoms with van der Waals surface area (Å²) in [5.41, 5.74) is 1.33. The first-order chi connectivity index (χ1) is 9.61. The molecule has 0 spiro atoms. The van der Waals surface area contributed by atoms with Crippen LogP contribution in [0.3, 0.4) is 0 Å². The van der Waals surface area contributed by atoms with Crippen molar-refractivity contribution in [2.24, 2.45) is 5.92 Å². The van der Waals surface area contributed by atoms with Crippen LogP contribution in [0.15, 0.2) is 22.2 Å². The van der Waals surface area contributed by atoms with Crippen LogP contribution in [0.5, 0.6) is 0 Å². The molecule has 0 saturated carbocycles. The van der Waals surface area contributed by atoms with Crippen LogP contribution in [0.4, 0.5) is 0 Å². The maximum Gasteiger partial charge on any atom is 0.308 e. The molecule has 1 unspecified atom stereocenters. The smallest absolute Gasteiger partial charge is 0.308 e. The fourth-order valence-corrected chi connectivity index (χ4v) is 3.12. The van der Waals surface area contributed by atoms with Gasteiger partial charge in [0.1, 0.15) is 10.7 Å². The van der Waals surface area contributed by atoms with Crippen molar-refractivity contribution < 1.29 is 14.7 Å². The number of amides is 1. The Hall–Kier alpha value is -1.73. The van der Waals surface area contributed by atoms with Gasteiger partial charge in [0.05, 0.1) is 5.92 Å². The first-order valence-corrected chi connectivity index (χ1v) is 7.93. The van der Waals surface area contributed by atoms with Crippen molar-refractivity contribution in [3.05, 3.63) is 27.9 Å². The number of carboxylic acid groups (broad SMARTS) is 1. The van der Waals surface area contributed by atoms with E-state index < -0.39 is 11.9 Å². The Bertz CT molecular complexity index is 593. The molecule has 0 saturated heterocycles. The van der Waals surface area contributed by atoms with E-state index >= 15 is 0 Å². The van der Waals surface area contributed by atoms with Gasteiger partial charge in [-0.1, -0.05) is 6.92 Å². The Kier molecular flexibility index (Phi) is 4.86. The van der Waals surface area contributed by atoms with Gasteiger partial charge in [-0.15, -0.1) is 11.3 Å². The third kappa shape index (κ3) is 3.43. The molecule has 0 bridgehead atoms. The number of aliphatic carboxylic acids is 1. The lowest BCUT2D eigenvalue weighted by Crippen LogP contribution is -2.32. The van der Waals surface area contributed by atoms with Gasteiger partial charge < -0.3 is 10.4 Å². The van der Waals surface area contributed by atoms with Crippen LogP contribution in [0.1, 0.15) is 23.8 Å². The summed E-state index contributed by atoms with van der Waals surface area (Å²) in [6, 6.07) is 1.95. The zero-order chi connectivity index (χ0) is 14.5. The van der Waals surface area contributed by atoms with Crippen LogP contribution in [0.25, 0.3) is 10.6 Å². The minimum Gasteiger partial charge on any atom is -0.481 e. The summed E-state index contributed by atoms with van der Waals surface area (Å²) in [5.74, 6) is -1.79.